The van der Waals surface area contributed by atoms with Crippen LogP contribution in [0, 0.1) is 5.41 Å². The minimum absolute atomic E-state index is 0.355. The highest BCUT2D eigenvalue weighted by Gasteiger charge is 2.51. The van der Waals surface area contributed by atoms with Gasteiger partial charge in [-0.15, -0.1) is 0 Å². The second kappa shape index (κ2) is 12.6. The van der Waals surface area contributed by atoms with E-state index < -0.39 is 0 Å². The third-order valence-electron chi connectivity index (χ3n) is 6.05. The van der Waals surface area contributed by atoms with E-state index in [-0.39, 0.29) is 18.3 Å². The van der Waals surface area contributed by atoms with Gasteiger partial charge in [0.15, 0.2) is 0 Å². The van der Waals surface area contributed by atoms with Gasteiger partial charge < -0.3 is 30.3 Å². The summed E-state index contributed by atoms with van der Waals surface area (Å²) in [6.07, 6.45) is 0.754. The number of nitrogens with zero attached hydrogens (tertiary/aromatic N) is 1. The molecule has 0 bridgehead atoms. The molecule has 0 aromatic heterocycles. The minimum Gasteiger partial charge on any atom is -0.399 e. The van der Waals surface area contributed by atoms with E-state index in [0.29, 0.717) is 5.71 Å². The Bertz CT molecular complexity index is 672. The zero-order chi connectivity index (χ0) is 23.7. The zero-order valence-corrected chi connectivity index (χ0v) is 21.3. The fraction of sp³-hybridized carbons (Fsp3) is 0.708. The number of rotatable bonds is 6. The first-order chi connectivity index (χ1) is 14.7. The molecular formula is C24H45BN4O2. The summed E-state index contributed by atoms with van der Waals surface area (Å²) >= 11 is 0. The van der Waals surface area contributed by atoms with E-state index in [9.17, 15) is 0 Å². The van der Waals surface area contributed by atoms with Gasteiger partial charge in [0.2, 0.25) is 0 Å². The molecule has 176 valence electrons. The lowest BCUT2D eigenvalue weighted by Gasteiger charge is -2.32. The van der Waals surface area contributed by atoms with E-state index >= 15 is 0 Å². The van der Waals surface area contributed by atoms with Crippen molar-refractivity contribution >= 4 is 24.0 Å². The van der Waals surface area contributed by atoms with Gasteiger partial charge >= 0.3 is 7.12 Å². The predicted molar refractivity (Wildman–Crippen MR) is 135 cm³/mol. The van der Waals surface area contributed by atoms with Gasteiger partial charge in [-0.2, -0.15) is 0 Å². The van der Waals surface area contributed by atoms with Gasteiger partial charge in [-0.05, 0) is 39.2 Å². The predicted octanol–water partition coefficient (Wildman–Crippen LogP) is 3.74. The molecule has 7 heteroatoms. The Morgan fingerprint density at radius 1 is 1.06 bits per heavy atom. The molecule has 0 unspecified atom stereocenters. The Balaban J connectivity index is 0.00000113. The zero-order valence-electron chi connectivity index (χ0n) is 21.3. The molecule has 0 amide bonds. The van der Waals surface area contributed by atoms with Gasteiger partial charge in [-0.25, -0.2) is 0 Å². The summed E-state index contributed by atoms with van der Waals surface area (Å²) in [6, 6.07) is 6.10. The summed E-state index contributed by atoms with van der Waals surface area (Å²) in [5.41, 5.74) is 2.84. The van der Waals surface area contributed by atoms with Gasteiger partial charge in [-0.1, -0.05) is 39.8 Å². The maximum Gasteiger partial charge on any atom is 0.494 e. The molecule has 2 aliphatic heterocycles. The lowest BCUT2D eigenvalue weighted by Crippen LogP contribution is -2.44. The summed E-state index contributed by atoms with van der Waals surface area (Å²) in [6.45, 7) is 21.4. The summed E-state index contributed by atoms with van der Waals surface area (Å²) in [5.74, 6) is 0. The molecule has 1 aromatic rings. The molecule has 1 aromatic carbocycles. The molecule has 0 spiro atoms. The van der Waals surface area contributed by atoms with Crippen molar-refractivity contribution in [1.82, 2.24) is 10.2 Å². The number of nitrogens with one attached hydrogen (secondary N) is 3. The number of hydrogen-bond donors (Lipinski definition) is 3. The van der Waals surface area contributed by atoms with Crippen LogP contribution in [0.2, 0.25) is 0 Å². The Morgan fingerprint density at radius 2 is 1.61 bits per heavy atom. The van der Waals surface area contributed by atoms with Gasteiger partial charge in [-0.3, -0.25) is 0 Å². The van der Waals surface area contributed by atoms with Crippen molar-refractivity contribution in [3.63, 3.8) is 0 Å². The molecule has 2 heterocycles. The molecule has 31 heavy (non-hydrogen) atoms. The first kappa shape index (κ1) is 27.6. The first-order valence-corrected chi connectivity index (χ1v) is 11.9. The van der Waals surface area contributed by atoms with Crippen LogP contribution in [0.4, 0.5) is 5.69 Å². The van der Waals surface area contributed by atoms with Gasteiger partial charge in [0.05, 0.1) is 11.2 Å². The molecular weight excluding hydrogens is 387 g/mol. The molecule has 3 rings (SSSR count). The molecule has 6 nitrogen and oxygen atoms in total. The molecule has 0 saturated carbocycles. The summed E-state index contributed by atoms with van der Waals surface area (Å²) in [5, 5.41) is 15.2. The van der Waals surface area contributed by atoms with Crippen LogP contribution in [0.3, 0.4) is 0 Å². The number of piperazine rings is 1. The standard InChI is InChI=1S/C20H33BN4O2.2C2H6/c1-19(2)20(3,4)27-21(26-19)15-6-7-16(18(14-15)23-5)17(22)8-11-25-12-9-24-10-13-25;2*1-2/h6-7,14,22-24H,8-13H2,1-5H3;2*1-2H3. The molecule has 0 atom stereocenters. The van der Waals surface area contributed by atoms with Gasteiger partial charge in [0.25, 0.3) is 0 Å². The molecule has 2 aliphatic rings. The number of anilines is 1. The average molecular weight is 432 g/mol. The van der Waals surface area contributed by atoms with Crippen LogP contribution in [0.15, 0.2) is 18.2 Å². The fourth-order valence-corrected chi connectivity index (χ4v) is 3.50. The van der Waals surface area contributed by atoms with E-state index in [0.717, 1.165) is 55.9 Å². The van der Waals surface area contributed by atoms with Crippen LogP contribution in [0.1, 0.15) is 67.4 Å². The first-order valence-electron chi connectivity index (χ1n) is 11.9. The Kier molecular flexibility index (Phi) is 11.2. The second-order valence-electron chi connectivity index (χ2n) is 8.46. The topological polar surface area (TPSA) is 69.6 Å². The molecule has 0 radical (unpaired) electrons. The van der Waals surface area contributed by atoms with Crippen molar-refractivity contribution in [2.75, 3.05) is 45.1 Å². The highest BCUT2D eigenvalue weighted by molar-refractivity contribution is 6.62. The van der Waals surface area contributed by atoms with Gasteiger partial charge in [0, 0.05) is 63.2 Å². The SMILES string of the molecule is CC.CC.CNc1cc(B2OC(C)(C)C(C)(C)O2)ccc1C(=N)CCN1CCNCC1. The summed E-state index contributed by atoms with van der Waals surface area (Å²) in [4.78, 5) is 2.42. The van der Waals surface area contributed by atoms with E-state index in [1.165, 1.54) is 0 Å². The van der Waals surface area contributed by atoms with Crippen molar-refractivity contribution in [2.24, 2.45) is 0 Å². The van der Waals surface area contributed by atoms with Crippen LogP contribution in [-0.4, -0.2) is 68.7 Å². The largest absolute Gasteiger partial charge is 0.494 e. The van der Waals surface area contributed by atoms with Crippen molar-refractivity contribution < 1.29 is 9.31 Å². The van der Waals surface area contributed by atoms with Crippen LogP contribution in [0.25, 0.3) is 0 Å². The fourth-order valence-electron chi connectivity index (χ4n) is 3.50. The quantitative estimate of drug-likeness (QED) is 0.472. The average Bonchev–Trinajstić information content (AvgIpc) is 3.02. The third-order valence-corrected chi connectivity index (χ3v) is 6.05. The monoisotopic (exact) mass is 432 g/mol. The molecule has 2 saturated heterocycles. The Labute approximate surface area is 191 Å². The molecule has 2 fully saturated rings. The van der Waals surface area contributed by atoms with Crippen molar-refractivity contribution in [1.29, 1.82) is 5.41 Å². The van der Waals surface area contributed by atoms with Crippen LogP contribution < -0.4 is 16.1 Å². The normalized spacial score (nSPS) is 19.6. The molecule has 0 aliphatic carbocycles. The highest BCUT2D eigenvalue weighted by Crippen LogP contribution is 2.36. The number of hydrogen-bond acceptors (Lipinski definition) is 6. The smallest absolute Gasteiger partial charge is 0.399 e. The van der Waals surface area contributed by atoms with Crippen LogP contribution >= 0.6 is 0 Å². The Hall–Kier alpha value is -1.41. The van der Waals surface area contributed by atoms with Crippen molar-refractivity contribution in [2.45, 2.75) is 73.0 Å². The van der Waals surface area contributed by atoms with E-state index in [1.807, 2.05) is 46.9 Å². The van der Waals surface area contributed by atoms with Crippen LogP contribution in [0.5, 0.6) is 0 Å². The Morgan fingerprint density at radius 3 is 2.13 bits per heavy atom. The van der Waals surface area contributed by atoms with E-state index in [4.69, 9.17) is 14.7 Å². The van der Waals surface area contributed by atoms with Crippen molar-refractivity contribution in [3.8, 4) is 0 Å². The lowest BCUT2D eigenvalue weighted by molar-refractivity contribution is 0.00578. The maximum atomic E-state index is 8.55. The van der Waals surface area contributed by atoms with Crippen LogP contribution in [-0.2, 0) is 9.31 Å². The highest BCUT2D eigenvalue weighted by atomic mass is 16.7. The van der Waals surface area contributed by atoms with E-state index in [2.05, 4.69) is 49.3 Å². The van der Waals surface area contributed by atoms with E-state index in [1.54, 1.807) is 0 Å². The lowest BCUT2D eigenvalue weighted by atomic mass is 9.78. The minimum atomic E-state index is -0.383. The summed E-state index contributed by atoms with van der Waals surface area (Å²) in [7, 11) is 1.52. The third kappa shape index (κ3) is 7.04. The number of benzene rings is 1. The van der Waals surface area contributed by atoms with Gasteiger partial charge in [0.1, 0.15) is 0 Å². The van der Waals surface area contributed by atoms with Crippen molar-refractivity contribution in [3.05, 3.63) is 23.8 Å². The molecule has 3 N–H and O–H groups in total. The maximum absolute atomic E-state index is 8.55. The second-order valence-corrected chi connectivity index (χ2v) is 8.46. The summed E-state index contributed by atoms with van der Waals surface area (Å²) < 4.78 is 12.3.